The molecule has 0 spiro atoms. The minimum atomic E-state index is -1.02. The van der Waals surface area contributed by atoms with Gasteiger partial charge in [0.2, 0.25) is 5.91 Å². The molecule has 1 fully saturated rings. The molecule has 7 nitrogen and oxygen atoms in total. The Balaban J connectivity index is 1.32. The van der Waals surface area contributed by atoms with Crippen molar-refractivity contribution in [3.05, 3.63) is 95.6 Å². The SMILES string of the molecule is O=C(N[C@H](Cc1ccccc1)C(=O)N1CCCC[C@H]1C(=O)O)OCC1c2ccccc2-c2ccccc21. The number of nitrogens with one attached hydrogen (secondary N) is 1. The van der Waals surface area contributed by atoms with Gasteiger partial charge in [-0.25, -0.2) is 9.59 Å². The molecule has 0 aromatic heterocycles. The third-order valence-electron chi connectivity index (χ3n) is 7.29. The Bertz CT molecular complexity index is 1250. The monoisotopic (exact) mass is 498 g/mol. The van der Waals surface area contributed by atoms with Crippen molar-refractivity contribution in [1.29, 1.82) is 0 Å². The number of rotatable bonds is 7. The van der Waals surface area contributed by atoms with Gasteiger partial charge in [0.25, 0.3) is 0 Å². The molecule has 37 heavy (non-hydrogen) atoms. The van der Waals surface area contributed by atoms with Gasteiger partial charge in [0.1, 0.15) is 18.7 Å². The normalized spacial score (nSPS) is 17.4. The summed E-state index contributed by atoms with van der Waals surface area (Å²) in [5.74, 6) is -1.52. The number of likely N-dealkylation sites (tertiary alicyclic amines) is 1. The smallest absolute Gasteiger partial charge is 0.407 e. The second-order valence-corrected chi connectivity index (χ2v) is 9.59. The van der Waals surface area contributed by atoms with Gasteiger partial charge in [0.15, 0.2) is 0 Å². The van der Waals surface area contributed by atoms with Crippen molar-refractivity contribution in [2.45, 2.75) is 43.7 Å². The summed E-state index contributed by atoms with van der Waals surface area (Å²) in [6, 6.07) is 23.7. The van der Waals surface area contributed by atoms with Crippen LogP contribution >= 0.6 is 0 Å². The van der Waals surface area contributed by atoms with Gasteiger partial charge in [-0.2, -0.15) is 0 Å². The van der Waals surface area contributed by atoms with Crippen molar-refractivity contribution in [3.63, 3.8) is 0 Å². The summed E-state index contributed by atoms with van der Waals surface area (Å²) in [5, 5.41) is 12.4. The number of hydrogen-bond donors (Lipinski definition) is 2. The largest absolute Gasteiger partial charge is 0.480 e. The first-order valence-corrected chi connectivity index (χ1v) is 12.7. The van der Waals surface area contributed by atoms with Crippen molar-refractivity contribution in [1.82, 2.24) is 10.2 Å². The lowest BCUT2D eigenvalue weighted by Gasteiger charge is -2.35. The zero-order valence-corrected chi connectivity index (χ0v) is 20.5. The lowest BCUT2D eigenvalue weighted by molar-refractivity contribution is -0.152. The molecule has 190 valence electrons. The van der Waals surface area contributed by atoms with Crippen LogP contribution < -0.4 is 5.32 Å². The number of carbonyl (C=O) groups is 3. The number of fused-ring (bicyclic) bond motifs is 3. The predicted molar refractivity (Wildman–Crippen MR) is 139 cm³/mol. The molecule has 0 saturated carbocycles. The topological polar surface area (TPSA) is 95.9 Å². The molecule has 2 aliphatic rings. The van der Waals surface area contributed by atoms with Gasteiger partial charge >= 0.3 is 12.1 Å². The minimum absolute atomic E-state index is 0.0973. The average molecular weight is 499 g/mol. The summed E-state index contributed by atoms with van der Waals surface area (Å²) < 4.78 is 5.68. The maximum atomic E-state index is 13.5. The number of ether oxygens (including phenoxy) is 1. The van der Waals surface area contributed by atoms with Crippen LogP contribution in [0, 0.1) is 0 Å². The minimum Gasteiger partial charge on any atom is -0.480 e. The Kier molecular flexibility index (Phi) is 7.21. The third-order valence-corrected chi connectivity index (χ3v) is 7.29. The van der Waals surface area contributed by atoms with E-state index in [-0.39, 0.29) is 18.9 Å². The fourth-order valence-corrected chi connectivity index (χ4v) is 5.48. The molecule has 3 aromatic carbocycles. The van der Waals surface area contributed by atoms with Crippen LogP contribution in [-0.2, 0) is 20.7 Å². The molecule has 0 bridgehead atoms. The summed E-state index contributed by atoms with van der Waals surface area (Å²) in [4.78, 5) is 39.7. The Morgan fingerprint density at radius 3 is 2.16 bits per heavy atom. The van der Waals surface area contributed by atoms with E-state index >= 15 is 0 Å². The molecule has 1 saturated heterocycles. The van der Waals surface area contributed by atoms with Gasteiger partial charge in [0.05, 0.1) is 0 Å². The molecule has 3 aromatic rings. The van der Waals surface area contributed by atoms with Crippen LogP contribution in [-0.4, -0.2) is 53.2 Å². The second kappa shape index (κ2) is 10.9. The molecule has 7 heteroatoms. The van der Waals surface area contributed by atoms with Gasteiger partial charge in [-0.05, 0) is 47.1 Å². The number of carbonyl (C=O) groups excluding carboxylic acids is 2. The van der Waals surface area contributed by atoms with Crippen molar-refractivity contribution in [2.75, 3.05) is 13.2 Å². The van der Waals surface area contributed by atoms with Crippen LogP contribution in [0.1, 0.15) is 41.9 Å². The van der Waals surface area contributed by atoms with E-state index in [0.29, 0.717) is 13.0 Å². The lowest BCUT2D eigenvalue weighted by atomic mass is 9.98. The number of aliphatic carboxylic acids is 1. The number of hydrogen-bond acceptors (Lipinski definition) is 4. The van der Waals surface area contributed by atoms with E-state index < -0.39 is 30.1 Å². The molecule has 2 atom stereocenters. The van der Waals surface area contributed by atoms with Crippen LogP contribution in [0.3, 0.4) is 0 Å². The zero-order valence-electron chi connectivity index (χ0n) is 20.5. The van der Waals surface area contributed by atoms with Gasteiger partial charge in [-0.15, -0.1) is 0 Å². The van der Waals surface area contributed by atoms with Gasteiger partial charge in [0, 0.05) is 18.9 Å². The van der Waals surface area contributed by atoms with E-state index in [2.05, 4.69) is 17.4 Å². The number of benzene rings is 3. The molecular weight excluding hydrogens is 468 g/mol. The van der Waals surface area contributed by atoms with Gasteiger partial charge < -0.3 is 20.1 Å². The van der Waals surface area contributed by atoms with E-state index in [0.717, 1.165) is 40.7 Å². The maximum Gasteiger partial charge on any atom is 0.407 e. The summed E-state index contributed by atoms with van der Waals surface area (Å²) in [7, 11) is 0. The number of amides is 2. The van der Waals surface area contributed by atoms with Gasteiger partial charge in [-0.3, -0.25) is 4.79 Å². The average Bonchev–Trinajstić information content (AvgIpc) is 3.25. The number of nitrogens with zero attached hydrogens (tertiary/aromatic N) is 1. The molecule has 0 unspecified atom stereocenters. The fraction of sp³-hybridized carbons (Fsp3) is 0.300. The zero-order chi connectivity index (χ0) is 25.8. The Labute approximate surface area is 216 Å². The molecule has 1 heterocycles. The molecular formula is C30H30N2O5. The van der Waals surface area contributed by atoms with Crippen molar-refractivity contribution in [2.24, 2.45) is 0 Å². The fourth-order valence-electron chi connectivity index (χ4n) is 5.48. The molecule has 0 radical (unpaired) electrons. The van der Waals surface area contributed by atoms with E-state index in [1.54, 1.807) is 0 Å². The Morgan fingerprint density at radius 1 is 0.892 bits per heavy atom. The van der Waals surface area contributed by atoms with Crippen LogP contribution in [0.15, 0.2) is 78.9 Å². The molecule has 2 amide bonds. The Morgan fingerprint density at radius 2 is 1.51 bits per heavy atom. The van der Waals surface area contributed by atoms with E-state index in [9.17, 15) is 19.5 Å². The van der Waals surface area contributed by atoms with Crippen LogP contribution in [0.2, 0.25) is 0 Å². The van der Waals surface area contributed by atoms with Crippen LogP contribution in [0.5, 0.6) is 0 Å². The first-order chi connectivity index (χ1) is 18.0. The van der Waals surface area contributed by atoms with E-state index in [1.807, 2.05) is 66.7 Å². The quantitative estimate of drug-likeness (QED) is 0.496. The summed E-state index contributed by atoms with van der Waals surface area (Å²) in [6.45, 7) is 0.487. The summed E-state index contributed by atoms with van der Waals surface area (Å²) >= 11 is 0. The number of piperidine rings is 1. The van der Waals surface area contributed by atoms with E-state index in [4.69, 9.17) is 4.74 Å². The van der Waals surface area contributed by atoms with Crippen molar-refractivity contribution < 1.29 is 24.2 Å². The first kappa shape index (κ1) is 24.6. The van der Waals surface area contributed by atoms with Gasteiger partial charge in [-0.1, -0.05) is 78.9 Å². The third kappa shape index (κ3) is 5.21. The van der Waals surface area contributed by atoms with Crippen molar-refractivity contribution in [3.8, 4) is 11.1 Å². The van der Waals surface area contributed by atoms with Crippen LogP contribution in [0.4, 0.5) is 4.79 Å². The standard InChI is InChI=1S/C30H30N2O5/c33-28(32-17-9-8-16-27(32)29(34)35)26(18-20-10-2-1-3-11-20)31-30(36)37-19-25-23-14-6-4-12-21(23)22-13-5-7-15-24(22)25/h1-7,10-15,25-27H,8-9,16-19H2,(H,31,36)(H,34,35)/t26-,27+/m1/s1. The van der Waals surface area contributed by atoms with Crippen molar-refractivity contribution >= 4 is 18.0 Å². The molecule has 1 aliphatic carbocycles. The Hall–Kier alpha value is -4.13. The second-order valence-electron chi connectivity index (χ2n) is 9.59. The highest BCUT2D eigenvalue weighted by atomic mass is 16.5. The molecule has 1 aliphatic heterocycles. The molecule has 5 rings (SSSR count). The predicted octanol–water partition coefficient (Wildman–Crippen LogP) is 4.60. The number of carboxylic acid groups (broad SMARTS) is 1. The summed E-state index contributed by atoms with van der Waals surface area (Å²) in [5.41, 5.74) is 5.34. The molecule has 2 N–H and O–H groups in total. The lowest BCUT2D eigenvalue weighted by Crippen LogP contribution is -2.56. The maximum absolute atomic E-state index is 13.5. The summed E-state index contributed by atoms with van der Waals surface area (Å²) in [6.07, 6.45) is 1.44. The highest BCUT2D eigenvalue weighted by Crippen LogP contribution is 2.44. The van der Waals surface area contributed by atoms with Crippen LogP contribution in [0.25, 0.3) is 11.1 Å². The highest BCUT2D eigenvalue weighted by Gasteiger charge is 2.36. The van der Waals surface area contributed by atoms with E-state index in [1.165, 1.54) is 4.90 Å². The first-order valence-electron chi connectivity index (χ1n) is 12.7. The number of carboxylic acids is 1. The highest BCUT2D eigenvalue weighted by molar-refractivity contribution is 5.90. The number of alkyl carbamates (subject to hydrolysis) is 1.